The zero-order valence-corrected chi connectivity index (χ0v) is 11.9. The number of hydrogen-bond donors (Lipinski definition) is 1. The van der Waals surface area contributed by atoms with Gasteiger partial charge in [0.05, 0.1) is 5.02 Å². The van der Waals surface area contributed by atoms with Gasteiger partial charge in [-0.25, -0.2) is 4.39 Å². The molecule has 0 saturated carbocycles. The van der Waals surface area contributed by atoms with Gasteiger partial charge in [-0.15, -0.1) is 0 Å². The summed E-state index contributed by atoms with van der Waals surface area (Å²) >= 11 is 5.61. The van der Waals surface area contributed by atoms with Crippen molar-refractivity contribution in [3.05, 3.63) is 29.0 Å². The lowest BCUT2D eigenvalue weighted by atomic mass is 10.1. The molecule has 0 aliphatic carbocycles. The molecule has 0 saturated heterocycles. The highest BCUT2D eigenvalue weighted by atomic mass is 35.5. The van der Waals surface area contributed by atoms with Crippen LogP contribution in [0.25, 0.3) is 0 Å². The lowest BCUT2D eigenvalue weighted by Gasteiger charge is -2.16. The van der Waals surface area contributed by atoms with Gasteiger partial charge in [0.15, 0.2) is 0 Å². The van der Waals surface area contributed by atoms with Gasteiger partial charge < -0.3 is 10.1 Å². The topological polar surface area (TPSA) is 21.3 Å². The monoisotopic (exact) mass is 273 g/mol. The van der Waals surface area contributed by atoms with Gasteiger partial charge in [0, 0.05) is 12.6 Å². The van der Waals surface area contributed by atoms with Gasteiger partial charge in [0.1, 0.15) is 17.7 Å². The molecule has 0 radical (unpaired) electrons. The Morgan fingerprint density at radius 3 is 2.67 bits per heavy atom. The Morgan fingerprint density at radius 1 is 1.33 bits per heavy atom. The van der Waals surface area contributed by atoms with Gasteiger partial charge in [-0.2, -0.15) is 0 Å². The second-order valence-electron chi connectivity index (χ2n) is 4.89. The first-order valence-corrected chi connectivity index (χ1v) is 6.69. The Bertz CT molecular complexity index is 371. The van der Waals surface area contributed by atoms with E-state index in [-0.39, 0.29) is 11.1 Å². The molecule has 0 fully saturated rings. The molecule has 102 valence electrons. The predicted molar refractivity (Wildman–Crippen MR) is 73.8 cm³/mol. The molecule has 0 amide bonds. The summed E-state index contributed by atoms with van der Waals surface area (Å²) in [5.74, 6) is 0.753. The van der Waals surface area contributed by atoms with Crippen molar-refractivity contribution in [2.24, 2.45) is 5.92 Å². The van der Waals surface area contributed by atoms with Gasteiger partial charge in [-0.3, -0.25) is 0 Å². The van der Waals surface area contributed by atoms with E-state index in [4.69, 9.17) is 16.3 Å². The van der Waals surface area contributed by atoms with Gasteiger partial charge in [-0.05, 0) is 37.9 Å². The molecule has 1 aromatic carbocycles. The van der Waals surface area contributed by atoms with Crippen molar-refractivity contribution in [2.45, 2.75) is 33.3 Å². The first-order valence-electron chi connectivity index (χ1n) is 6.31. The number of halogens is 2. The van der Waals surface area contributed by atoms with E-state index in [0.29, 0.717) is 11.7 Å². The SMILES string of the molecule is CC(C)CCNCC(C)Oc1ccc(Cl)c(F)c1. The summed E-state index contributed by atoms with van der Waals surface area (Å²) in [6.45, 7) is 8.06. The first-order chi connectivity index (χ1) is 8.49. The van der Waals surface area contributed by atoms with E-state index in [9.17, 15) is 4.39 Å². The van der Waals surface area contributed by atoms with Crippen LogP contribution >= 0.6 is 11.6 Å². The number of benzene rings is 1. The van der Waals surface area contributed by atoms with Gasteiger partial charge in [0.25, 0.3) is 0 Å². The fourth-order valence-corrected chi connectivity index (χ4v) is 1.64. The highest BCUT2D eigenvalue weighted by Gasteiger charge is 2.06. The number of hydrogen-bond acceptors (Lipinski definition) is 2. The largest absolute Gasteiger partial charge is 0.489 e. The van der Waals surface area contributed by atoms with E-state index < -0.39 is 5.82 Å². The summed E-state index contributed by atoms with van der Waals surface area (Å²) in [5, 5.41) is 3.43. The van der Waals surface area contributed by atoms with Crippen molar-refractivity contribution in [3.63, 3.8) is 0 Å². The van der Waals surface area contributed by atoms with Crippen LogP contribution in [0.5, 0.6) is 5.75 Å². The molecule has 0 spiro atoms. The second kappa shape index (κ2) is 7.59. The third-order valence-electron chi connectivity index (χ3n) is 2.56. The van der Waals surface area contributed by atoms with Gasteiger partial charge in [0.2, 0.25) is 0 Å². The Balaban J connectivity index is 2.31. The molecular weight excluding hydrogens is 253 g/mol. The summed E-state index contributed by atoms with van der Waals surface area (Å²) in [5.41, 5.74) is 0. The highest BCUT2D eigenvalue weighted by molar-refractivity contribution is 6.30. The highest BCUT2D eigenvalue weighted by Crippen LogP contribution is 2.21. The standard InChI is InChI=1S/C14H21ClFNO/c1-10(2)6-7-17-9-11(3)18-12-4-5-13(15)14(16)8-12/h4-5,8,10-11,17H,6-7,9H2,1-3H3. The van der Waals surface area contributed by atoms with Crippen molar-refractivity contribution in [1.29, 1.82) is 0 Å². The predicted octanol–water partition coefficient (Wildman–Crippen LogP) is 3.88. The zero-order valence-electron chi connectivity index (χ0n) is 11.2. The molecule has 1 rings (SSSR count). The molecule has 0 bridgehead atoms. The minimum atomic E-state index is -0.450. The third-order valence-corrected chi connectivity index (χ3v) is 2.87. The smallest absolute Gasteiger partial charge is 0.145 e. The lowest BCUT2D eigenvalue weighted by Crippen LogP contribution is -2.30. The Kier molecular flexibility index (Phi) is 6.44. The van der Waals surface area contributed by atoms with Crippen LogP contribution in [0, 0.1) is 11.7 Å². The van der Waals surface area contributed by atoms with Crippen molar-refractivity contribution in [2.75, 3.05) is 13.1 Å². The quantitative estimate of drug-likeness (QED) is 0.761. The fraction of sp³-hybridized carbons (Fsp3) is 0.571. The molecule has 1 unspecified atom stereocenters. The summed E-state index contributed by atoms with van der Waals surface area (Å²) in [7, 11) is 0. The minimum absolute atomic E-state index is 0.00209. The fourth-order valence-electron chi connectivity index (χ4n) is 1.52. The van der Waals surface area contributed by atoms with E-state index in [2.05, 4.69) is 19.2 Å². The van der Waals surface area contributed by atoms with Crippen LogP contribution in [0.3, 0.4) is 0 Å². The average Bonchev–Trinajstić information content (AvgIpc) is 2.29. The van der Waals surface area contributed by atoms with Crippen molar-refractivity contribution >= 4 is 11.6 Å². The van der Waals surface area contributed by atoms with Crippen LogP contribution in [0.1, 0.15) is 27.2 Å². The van der Waals surface area contributed by atoms with Crippen LogP contribution in [-0.4, -0.2) is 19.2 Å². The van der Waals surface area contributed by atoms with E-state index in [1.165, 1.54) is 12.1 Å². The first kappa shape index (κ1) is 15.3. The van der Waals surface area contributed by atoms with Gasteiger partial charge in [-0.1, -0.05) is 25.4 Å². The normalized spacial score (nSPS) is 12.8. The zero-order chi connectivity index (χ0) is 13.5. The van der Waals surface area contributed by atoms with E-state index >= 15 is 0 Å². The molecule has 1 atom stereocenters. The molecule has 18 heavy (non-hydrogen) atoms. The van der Waals surface area contributed by atoms with Crippen LogP contribution in [0.2, 0.25) is 5.02 Å². The maximum absolute atomic E-state index is 13.2. The summed E-state index contributed by atoms with van der Waals surface area (Å²) in [6, 6.07) is 4.49. The van der Waals surface area contributed by atoms with Crippen molar-refractivity contribution in [3.8, 4) is 5.75 Å². The summed E-state index contributed by atoms with van der Waals surface area (Å²) in [4.78, 5) is 0. The van der Waals surface area contributed by atoms with E-state index in [0.717, 1.165) is 19.5 Å². The molecule has 4 heteroatoms. The van der Waals surface area contributed by atoms with Crippen molar-refractivity contribution < 1.29 is 9.13 Å². The molecule has 0 aromatic heterocycles. The van der Waals surface area contributed by atoms with Crippen LogP contribution in [-0.2, 0) is 0 Å². The number of ether oxygens (including phenoxy) is 1. The third kappa shape index (κ3) is 5.69. The Hall–Kier alpha value is -0.800. The maximum atomic E-state index is 13.2. The number of rotatable bonds is 7. The molecule has 0 heterocycles. The van der Waals surface area contributed by atoms with Crippen LogP contribution in [0.4, 0.5) is 4.39 Å². The maximum Gasteiger partial charge on any atom is 0.145 e. The minimum Gasteiger partial charge on any atom is -0.489 e. The summed E-state index contributed by atoms with van der Waals surface area (Å²) in [6.07, 6.45) is 1.14. The van der Waals surface area contributed by atoms with E-state index in [1.807, 2.05) is 6.92 Å². The molecule has 2 nitrogen and oxygen atoms in total. The molecular formula is C14H21ClFNO. The Labute approximate surface area is 113 Å². The lowest BCUT2D eigenvalue weighted by molar-refractivity contribution is 0.215. The van der Waals surface area contributed by atoms with Gasteiger partial charge >= 0.3 is 0 Å². The van der Waals surface area contributed by atoms with Crippen molar-refractivity contribution in [1.82, 2.24) is 5.32 Å². The Morgan fingerprint density at radius 2 is 2.06 bits per heavy atom. The number of nitrogens with one attached hydrogen (secondary N) is 1. The molecule has 1 N–H and O–H groups in total. The van der Waals surface area contributed by atoms with E-state index in [1.54, 1.807) is 6.07 Å². The molecule has 1 aromatic rings. The molecule has 0 aliphatic heterocycles. The second-order valence-corrected chi connectivity index (χ2v) is 5.30. The average molecular weight is 274 g/mol. The summed E-state index contributed by atoms with van der Waals surface area (Å²) < 4.78 is 18.8. The molecule has 0 aliphatic rings. The van der Waals surface area contributed by atoms with Crippen LogP contribution in [0.15, 0.2) is 18.2 Å². The van der Waals surface area contributed by atoms with Crippen LogP contribution < -0.4 is 10.1 Å².